The maximum absolute atomic E-state index is 12.7. The van der Waals surface area contributed by atoms with Gasteiger partial charge in [0.2, 0.25) is 4.33 Å². The summed E-state index contributed by atoms with van der Waals surface area (Å²) in [6, 6.07) is 7.99. The molecule has 6 heteroatoms. The van der Waals surface area contributed by atoms with Crippen LogP contribution in [0.3, 0.4) is 0 Å². The van der Waals surface area contributed by atoms with Gasteiger partial charge in [-0.15, -0.1) is 11.8 Å². The molecule has 136 valence electrons. The van der Waals surface area contributed by atoms with Crippen molar-refractivity contribution in [2.45, 2.75) is 61.5 Å². The highest BCUT2D eigenvalue weighted by molar-refractivity contribution is 7.99. The lowest BCUT2D eigenvalue weighted by atomic mass is 9.91. The summed E-state index contributed by atoms with van der Waals surface area (Å²) >= 11 is 14.9. The number of carbonyl (C=O) groups excluding carboxylic acids is 1. The fourth-order valence-corrected chi connectivity index (χ4v) is 5.37. The first-order valence-electron chi connectivity index (χ1n) is 8.58. The quantitative estimate of drug-likeness (QED) is 0.521. The monoisotopic (exact) mass is 399 g/mol. The summed E-state index contributed by atoms with van der Waals surface area (Å²) in [5.41, 5.74) is 1.97. The molecule has 25 heavy (non-hydrogen) atoms. The van der Waals surface area contributed by atoms with Crippen molar-refractivity contribution in [3.63, 3.8) is 0 Å². The van der Waals surface area contributed by atoms with Gasteiger partial charge in [-0.3, -0.25) is 4.90 Å². The van der Waals surface area contributed by atoms with Crippen LogP contribution in [0.2, 0.25) is 0 Å². The van der Waals surface area contributed by atoms with Gasteiger partial charge in [-0.2, -0.15) is 0 Å². The van der Waals surface area contributed by atoms with E-state index < -0.39 is 16.3 Å². The standard InChI is InChI=1S/C19H23Cl2NO2S/c1-11(2)22(12(3)4)17-14-9-10-25-15-8-6-5-7-13(15)16(14)24-18(23)19(17,20)21/h5-8,11-12,17H,9-10H2,1-4H3. The van der Waals surface area contributed by atoms with Crippen LogP contribution >= 0.6 is 35.0 Å². The number of esters is 1. The molecule has 2 aliphatic rings. The van der Waals surface area contributed by atoms with Gasteiger partial charge in [-0.1, -0.05) is 41.4 Å². The van der Waals surface area contributed by atoms with Gasteiger partial charge in [0.25, 0.3) is 0 Å². The Balaban J connectivity index is 2.22. The lowest BCUT2D eigenvalue weighted by Gasteiger charge is -2.46. The minimum absolute atomic E-state index is 0.188. The Morgan fingerprint density at radius 1 is 1.20 bits per heavy atom. The molecule has 0 fully saturated rings. The van der Waals surface area contributed by atoms with Gasteiger partial charge >= 0.3 is 5.97 Å². The molecule has 0 aliphatic carbocycles. The minimum atomic E-state index is -1.61. The molecule has 3 rings (SSSR count). The summed E-state index contributed by atoms with van der Waals surface area (Å²) in [5.74, 6) is 0.948. The molecule has 0 radical (unpaired) electrons. The molecule has 1 aromatic rings. The second-order valence-electron chi connectivity index (χ2n) is 7.00. The zero-order chi connectivity index (χ0) is 18.4. The van der Waals surface area contributed by atoms with E-state index in [4.69, 9.17) is 27.9 Å². The van der Waals surface area contributed by atoms with Crippen molar-refractivity contribution < 1.29 is 9.53 Å². The normalized spacial score (nSPS) is 22.8. The first-order chi connectivity index (χ1) is 11.7. The zero-order valence-corrected chi connectivity index (χ0v) is 17.2. The van der Waals surface area contributed by atoms with Gasteiger partial charge in [0.1, 0.15) is 5.76 Å². The minimum Gasteiger partial charge on any atom is -0.424 e. The topological polar surface area (TPSA) is 29.5 Å². The number of alkyl halides is 2. The number of benzene rings is 1. The molecular weight excluding hydrogens is 377 g/mol. The third-order valence-corrected chi connectivity index (χ3v) is 6.48. The molecule has 0 aromatic heterocycles. The molecular formula is C19H23Cl2NO2S. The van der Waals surface area contributed by atoms with E-state index in [2.05, 4.69) is 38.7 Å². The molecule has 1 aromatic carbocycles. The zero-order valence-electron chi connectivity index (χ0n) is 14.9. The van der Waals surface area contributed by atoms with Crippen molar-refractivity contribution >= 4 is 46.7 Å². The SMILES string of the molecule is CC(C)N(C(C)C)C1C2=C(OC(=O)C1(Cl)Cl)c1ccccc1SCC2. The number of hydrogen-bond acceptors (Lipinski definition) is 4. The van der Waals surface area contributed by atoms with E-state index in [1.165, 1.54) is 0 Å². The number of rotatable bonds is 3. The third kappa shape index (κ3) is 3.34. The first kappa shape index (κ1) is 19.1. The number of nitrogens with zero attached hydrogens (tertiary/aromatic N) is 1. The second kappa shape index (κ2) is 7.15. The number of ether oxygens (including phenoxy) is 1. The Morgan fingerprint density at radius 2 is 1.84 bits per heavy atom. The van der Waals surface area contributed by atoms with Gasteiger partial charge < -0.3 is 4.74 Å². The van der Waals surface area contributed by atoms with E-state index in [0.717, 1.165) is 28.2 Å². The van der Waals surface area contributed by atoms with E-state index in [-0.39, 0.29) is 12.1 Å². The lowest BCUT2D eigenvalue weighted by Crippen LogP contribution is -2.58. The first-order valence-corrected chi connectivity index (χ1v) is 10.3. The van der Waals surface area contributed by atoms with Gasteiger partial charge in [0.15, 0.2) is 0 Å². The molecule has 1 atom stereocenters. The van der Waals surface area contributed by atoms with Crippen LogP contribution in [0.25, 0.3) is 5.76 Å². The van der Waals surface area contributed by atoms with Crippen molar-refractivity contribution in [2.24, 2.45) is 0 Å². The lowest BCUT2D eigenvalue weighted by molar-refractivity contribution is -0.140. The number of thioether (sulfide) groups is 1. The summed E-state index contributed by atoms with van der Waals surface area (Å²) in [6.45, 7) is 8.40. The van der Waals surface area contributed by atoms with E-state index in [1.807, 2.05) is 18.2 Å². The molecule has 1 unspecified atom stereocenters. The van der Waals surface area contributed by atoms with Crippen molar-refractivity contribution in [3.8, 4) is 0 Å². The summed E-state index contributed by atoms with van der Waals surface area (Å²) in [5, 5.41) is 0. The molecule has 0 saturated carbocycles. The average molecular weight is 400 g/mol. The fourth-order valence-electron chi connectivity index (χ4n) is 3.77. The van der Waals surface area contributed by atoms with Gasteiger partial charge in [-0.05, 0) is 45.8 Å². The van der Waals surface area contributed by atoms with Crippen LogP contribution in [0.1, 0.15) is 39.7 Å². The van der Waals surface area contributed by atoms with Crippen LogP contribution in [0.5, 0.6) is 0 Å². The number of halogens is 2. The van der Waals surface area contributed by atoms with Crippen molar-refractivity contribution in [3.05, 3.63) is 35.4 Å². The maximum atomic E-state index is 12.7. The third-order valence-electron chi connectivity index (χ3n) is 4.68. The average Bonchev–Trinajstić information content (AvgIpc) is 2.70. The van der Waals surface area contributed by atoms with E-state index in [0.29, 0.717) is 5.76 Å². The van der Waals surface area contributed by atoms with E-state index in [9.17, 15) is 4.79 Å². The van der Waals surface area contributed by atoms with Crippen LogP contribution in [-0.2, 0) is 9.53 Å². The fraction of sp³-hybridized carbons (Fsp3) is 0.526. The van der Waals surface area contributed by atoms with Crippen LogP contribution < -0.4 is 0 Å². The smallest absolute Gasteiger partial charge is 0.350 e. The Bertz CT molecular complexity index is 707. The van der Waals surface area contributed by atoms with Crippen molar-refractivity contribution in [1.29, 1.82) is 0 Å². The second-order valence-corrected chi connectivity index (χ2v) is 9.52. The Morgan fingerprint density at radius 3 is 2.48 bits per heavy atom. The highest BCUT2D eigenvalue weighted by Crippen LogP contribution is 2.48. The Kier molecular flexibility index (Phi) is 5.46. The van der Waals surface area contributed by atoms with Crippen molar-refractivity contribution in [1.82, 2.24) is 4.90 Å². The molecule has 2 heterocycles. The summed E-state index contributed by atoms with van der Waals surface area (Å²) in [7, 11) is 0. The van der Waals surface area contributed by atoms with Gasteiger partial charge in [0.05, 0.1) is 6.04 Å². The van der Waals surface area contributed by atoms with Crippen LogP contribution in [-0.4, -0.2) is 39.1 Å². The molecule has 0 saturated heterocycles. The van der Waals surface area contributed by atoms with E-state index >= 15 is 0 Å². The number of carbonyl (C=O) groups is 1. The highest BCUT2D eigenvalue weighted by Gasteiger charge is 2.54. The molecule has 2 aliphatic heterocycles. The number of hydrogen-bond donors (Lipinski definition) is 0. The van der Waals surface area contributed by atoms with Crippen LogP contribution in [0, 0.1) is 0 Å². The molecule has 0 spiro atoms. The van der Waals surface area contributed by atoms with Crippen LogP contribution in [0.4, 0.5) is 0 Å². The predicted octanol–water partition coefficient (Wildman–Crippen LogP) is 5.11. The van der Waals surface area contributed by atoms with Crippen molar-refractivity contribution in [2.75, 3.05) is 5.75 Å². The molecule has 0 N–H and O–H groups in total. The van der Waals surface area contributed by atoms with Gasteiger partial charge in [-0.25, -0.2) is 4.79 Å². The molecule has 3 nitrogen and oxygen atoms in total. The largest absolute Gasteiger partial charge is 0.424 e. The highest BCUT2D eigenvalue weighted by atomic mass is 35.5. The van der Waals surface area contributed by atoms with Gasteiger partial charge in [0, 0.05) is 28.3 Å². The molecule has 0 amide bonds. The van der Waals surface area contributed by atoms with Crippen LogP contribution in [0.15, 0.2) is 34.7 Å². The Labute approximate surface area is 163 Å². The Hall–Kier alpha value is -0.680. The molecule has 0 bridgehead atoms. The summed E-state index contributed by atoms with van der Waals surface area (Å²) in [6.07, 6.45) is 0.782. The van der Waals surface area contributed by atoms with E-state index in [1.54, 1.807) is 11.8 Å². The maximum Gasteiger partial charge on any atom is 0.350 e. The summed E-state index contributed by atoms with van der Waals surface area (Å²) in [4.78, 5) is 16.0. The summed E-state index contributed by atoms with van der Waals surface area (Å²) < 4.78 is 4.07. The predicted molar refractivity (Wildman–Crippen MR) is 105 cm³/mol. The number of fused-ring (bicyclic) bond motifs is 2.